The van der Waals surface area contributed by atoms with Crippen LogP contribution in [0, 0.1) is 5.41 Å². The van der Waals surface area contributed by atoms with Gasteiger partial charge in [-0.1, -0.05) is 56.0 Å². The summed E-state index contributed by atoms with van der Waals surface area (Å²) < 4.78 is 32.8. The van der Waals surface area contributed by atoms with E-state index in [-0.39, 0.29) is 17.4 Å². The summed E-state index contributed by atoms with van der Waals surface area (Å²) in [5.41, 5.74) is 2.94. The van der Waals surface area contributed by atoms with Crippen molar-refractivity contribution < 1.29 is 23.1 Å². The van der Waals surface area contributed by atoms with Gasteiger partial charge in [-0.05, 0) is 35.9 Å². The van der Waals surface area contributed by atoms with Crippen molar-refractivity contribution >= 4 is 65.2 Å². The Morgan fingerprint density at radius 3 is 2.46 bits per heavy atom. The van der Waals surface area contributed by atoms with Crippen molar-refractivity contribution in [2.75, 3.05) is 17.2 Å². The second-order valence-corrected chi connectivity index (χ2v) is 11.0. The van der Waals surface area contributed by atoms with Crippen LogP contribution >= 0.6 is 11.6 Å². The lowest BCUT2D eigenvalue weighted by molar-refractivity contribution is -0.128. The van der Waals surface area contributed by atoms with Crippen LogP contribution in [0.2, 0.25) is 5.02 Å². The summed E-state index contributed by atoms with van der Waals surface area (Å²) in [5, 5.41) is 9.21. The smallest absolute Gasteiger partial charge is 0.272 e. The van der Waals surface area contributed by atoms with Gasteiger partial charge in [0.2, 0.25) is 17.7 Å². The van der Waals surface area contributed by atoms with Gasteiger partial charge in [0.05, 0.1) is 10.7 Å². The van der Waals surface area contributed by atoms with E-state index in [0.717, 1.165) is 11.0 Å². The average molecular weight is 583 g/mol. The molecular formula is C28H30BClF2N6O3. The zero-order valence-electron chi connectivity index (χ0n) is 23.3. The molecular weight excluding hydrogens is 553 g/mol. The molecule has 4 aromatic rings. The van der Waals surface area contributed by atoms with E-state index in [2.05, 4.69) is 25.9 Å². The van der Waals surface area contributed by atoms with Crippen LogP contribution in [0.15, 0.2) is 48.5 Å². The predicted octanol–water partition coefficient (Wildman–Crippen LogP) is 4.18. The number of carbonyl (C=O) groups excluding carboxylic acids is 2. The van der Waals surface area contributed by atoms with Gasteiger partial charge < -0.3 is 20.7 Å². The summed E-state index contributed by atoms with van der Waals surface area (Å²) in [6.45, 7) is 4.87. The highest BCUT2D eigenvalue weighted by molar-refractivity contribution is 6.33. The van der Waals surface area contributed by atoms with Crippen LogP contribution in [-0.4, -0.2) is 47.2 Å². The Hall–Kier alpha value is -4.19. The van der Waals surface area contributed by atoms with E-state index in [1.165, 1.54) is 6.07 Å². The third-order valence-electron chi connectivity index (χ3n) is 6.12. The summed E-state index contributed by atoms with van der Waals surface area (Å²) in [6.07, 6.45) is -2.76. The van der Waals surface area contributed by atoms with Crippen LogP contribution in [0.5, 0.6) is 5.88 Å². The molecule has 0 unspecified atom stereocenters. The standard InChI is InChI=1S/C28H30BClF2N6O3/c1-28(2,3)26(40)33-13-15-5-10-19(30)20(11-15)35-27-36-21-12-18(24(39)34-17-8-6-16(29)7-9-17)25(41-14-22(31)32)37-23(21)38(27)4/h5-12,22H,13-14,29H2,1-4H3,(H,33,40)(H,34,39)(H,35,36). The minimum Gasteiger partial charge on any atom is -0.471 e. The molecule has 41 heavy (non-hydrogen) atoms. The normalized spacial score (nSPS) is 11.5. The number of halogens is 3. The summed E-state index contributed by atoms with van der Waals surface area (Å²) >= 11 is 6.44. The number of aromatic nitrogens is 3. The Morgan fingerprint density at radius 1 is 1.10 bits per heavy atom. The lowest BCUT2D eigenvalue weighted by atomic mass is 9.95. The molecule has 2 amide bonds. The Labute approximate surface area is 242 Å². The summed E-state index contributed by atoms with van der Waals surface area (Å²) in [7, 11) is 3.59. The van der Waals surface area contributed by atoms with Gasteiger partial charge in [0.15, 0.2) is 12.3 Å². The van der Waals surface area contributed by atoms with Crippen molar-refractivity contribution in [2.45, 2.75) is 33.7 Å². The lowest BCUT2D eigenvalue weighted by Gasteiger charge is -2.18. The fraction of sp³-hybridized carbons (Fsp3) is 0.286. The van der Waals surface area contributed by atoms with Gasteiger partial charge in [-0.25, -0.2) is 13.8 Å². The quantitative estimate of drug-likeness (QED) is 0.256. The molecule has 214 valence electrons. The third-order valence-corrected chi connectivity index (χ3v) is 6.45. The summed E-state index contributed by atoms with van der Waals surface area (Å²) in [5.74, 6) is -0.580. The number of hydrogen-bond donors (Lipinski definition) is 3. The SMILES string of the molecule is Bc1ccc(NC(=O)c2cc3nc(Nc4cc(CNC(=O)C(C)(C)C)ccc4Cl)n(C)c3nc2OCC(F)F)cc1. The van der Waals surface area contributed by atoms with Crippen LogP contribution < -0.4 is 26.2 Å². The van der Waals surface area contributed by atoms with Crippen LogP contribution in [0.1, 0.15) is 36.7 Å². The van der Waals surface area contributed by atoms with E-state index in [1.54, 1.807) is 41.9 Å². The predicted molar refractivity (Wildman–Crippen MR) is 159 cm³/mol. The number of imidazole rings is 1. The molecule has 0 radical (unpaired) electrons. The molecule has 0 bridgehead atoms. The second kappa shape index (κ2) is 12.1. The number of pyridine rings is 1. The van der Waals surface area contributed by atoms with E-state index >= 15 is 0 Å². The highest BCUT2D eigenvalue weighted by Gasteiger charge is 2.22. The van der Waals surface area contributed by atoms with Gasteiger partial charge in [0.25, 0.3) is 12.3 Å². The van der Waals surface area contributed by atoms with E-state index in [1.807, 2.05) is 40.8 Å². The molecule has 2 heterocycles. The largest absolute Gasteiger partial charge is 0.471 e. The average Bonchev–Trinajstić information content (AvgIpc) is 3.21. The molecule has 0 fully saturated rings. The van der Waals surface area contributed by atoms with Crippen molar-refractivity contribution in [3.8, 4) is 5.88 Å². The molecule has 9 nitrogen and oxygen atoms in total. The number of aryl methyl sites for hydroxylation is 1. The fourth-order valence-corrected chi connectivity index (χ4v) is 3.97. The van der Waals surface area contributed by atoms with E-state index in [0.29, 0.717) is 40.1 Å². The Morgan fingerprint density at radius 2 is 1.80 bits per heavy atom. The maximum atomic E-state index is 13.1. The highest BCUT2D eigenvalue weighted by atomic mass is 35.5. The summed E-state index contributed by atoms with van der Waals surface area (Å²) in [4.78, 5) is 34.3. The number of fused-ring (bicyclic) bond motifs is 1. The maximum absolute atomic E-state index is 13.1. The number of rotatable bonds is 9. The number of alkyl halides is 2. The Kier molecular flexibility index (Phi) is 8.82. The van der Waals surface area contributed by atoms with Crippen molar-refractivity contribution in [1.29, 1.82) is 0 Å². The third kappa shape index (κ3) is 7.32. The zero-order valence-corrected chi connectivity index (χ0v) is 24.1. The topological polar surface area (TPSA) is 110 Å². The maximum Gasteiger partial charge on any atom is 0.272 e. The number of nitrogens with one attached hydrogen (secondary N) is 3. The molecule has 2 aromatic carbocycles. The van der Waals surface area contributed by atoms with Gasteiger partial charge >= 0.3 is 0 Å². The van der Waals surface area contributed by atoms with Gasteiger partial charge in [0.1, 0.15) is 18.9 Å². The van der Waals surface area contributed by atoms with Gasteiger partial charge in [-0.15, -0.1) is 0 Å². The highest BCUT2D eigenvalue weighted by Crippen LogP contribution is 2.30. The lowest BCUT2D eigenvalue weighted by Crippen LogP contribution is -2.34. The van der Waals surface area contributed by atoms with E-state index in [9.17, 15) is 18.4 Å². The van der Waals surface area contributed by atoms with E-state index in [4.69, 9.17) is 16.3 Å². The molecule has 3 N–H and O–H groups in total. The van der Waals surface area contributed by atoms with Crippen molar-refractivity contribution in [1.82, 2.24) is 19.9 Å². The van der Waals surface area contributed by atoms with Crippen LogP contribution in [0.3, 0.4) is 0 Å². The first-order chi connectivity index (χ1) is 19.3. The first-order valence-electron chi connectivity index (χ1n) is 12.8. The number of carbonyl (C=O) groups is 2. The molecule has 13 heteroatoms. The van der Waals surface area contributed by atoms with Crippen LogP contribution in [0.4, 0.5) is 26.1 Å². The van der Waals surface area contributed by atoms with Crippen molar-refractivity contribution in [3.63, 3.8) is 0 Å². The first-order valence-corrected chi connectivity index (χ1v) is 13.2. The molecule has 0 aliphatic heterocycles. The molecule has 2 aromatic heterocycles. The molecule has 4 rings (SSSR count). The van der Waals surface area contributed by atoms with Crippen LogP contribution in [0.25, 0.3) is 11.2 Å². The Bertz CT molecular complexity index is 1590. The molecule has 0 saturated carbocycles. The summed E-state index contributed by atoms with van der Waals surface area (Å²) in [6, 6.07) is 13.9. The second-order valence-electron chi connectivity index (χ2n) is 10.6. The molecule has 0 atom stereocenters. The molecule has 0 saturated heterocycles. The minimum absolute atomic E-state index is 0.0435. The van der Waals surface area contributed by atoms with Crippen molar-refractivity contribution in [3.05, 3.63) is 64.7 Å². The Balaban J connectivity index is 1.64. The number of benzene rings is 2. The first kappa shape index (κ1) is 29.8. The van der Waals surface area contributed by atoms with Gasteiger partial charge in [-0.2, -0.15) is 4.98 Å². The minimum atomic E-state index is -2.76. The van der Waals surface area contributed by atoms with Gasteiger partial charge in [-0.3, -0.25) is 14.2 Å². The fourth-order valence-electron chi connectivity index (χ4n) is 3.80. The number of nitrogens with zero attached hydrogens (tertiary/aromatic N) is 3. The van der Waals surface area contributed by atoms with Crippen molar-refractivity contribution in [2.24, 2.45) is 12.5 Å². The monoisotopic (exact) mass is 582 g/mol. The zero-order chi connectivity index (χ0) is 29.9. The molecule has 0 spiro atoms. The van der Waals surface area contributed by atoms with Gasteiger partial charge in [0, 0.05) is 24.7 Å². The van der Waals surface area contributed by atoms with Crippen LogP contribution in [-0.2, 0) is 18.4 Å². The van der Waals surface area contributed by atoms with E-state index < -0.39 is 24.4 Å². The number of amides is 2. The number of ether oxygens (including phenoxy) is 1. The number of anilines is 3. The number of hydrogen-bond acceptors (Lipinski definition) is 6. The molecule has 0 aliphatic rings. The molecule has 0 aliphatic carbocycles.